The molecule has 0 saturated carbocycles. The van der Waals surface area contributed by atoms with E-state index in [2.05, 4.69) is 11.9 Å². The molecule has 150 valence electrons. The summed E-state index contributed by atoms with van der Waals surface area (Å²) in [7, 11) is 0. The molecule has 1 aliphatic heterocycles. The van der Waals surface area contributed by atoms with Gasteiger partial charge in [-0.1, -0.05) is 35.9 Å². The SMILES string of the molecule is C=CCN1C(=O)N/C(=C/c2ccc(OCc3ccc(Cl)cc3)c(OCC)c2)C1=O. The molecule has 1 heterocycles. The number of rotatable bonds is 8. The monoisotopic (exact) mass is 412 g/mol. The summed E-state index contributed by atoms with van der Waals surface area (Å²) < 4.78 is 11.6. The third-order valence-corrected chi connectivity index (χ3v) is 4.41. The second kappa shape index (κ2) is 9.30. The number of benzene rings is 2. The van der Waals surface area contributed by atoms with Crippen molar-refractivity contribution < 1.29 is 19.1 Å². The first-order valence-corrected chi connectivity index (χ1v) is 9.49. The van der Waals surface area contributed by atoms with Gasteiger partial charge in [-0.3, -0.25) is 9.69 Å². The molecule has 29 heavy (non-hydrogen) atoms. The number of carbonyl (C=O) groups excluding carboxylic acids is 2. The van der Waals surface area contributed by atoms with Gasteiger partial charge in [-0.2, -0.15) is 0 Å². The molecule has 0 spiro atoms. The van der Waals surface area contributed by atoms with Gasteiger partial charge in [0.15, 0.2) is 11.5 Å². The Kier molecular flexibility index (Phi) is 6.57. The Morgan fingerprint density at radius 2 is 1.86 bits per heavy atom. The molecule has 0 aliphatic carbocycles. The van der Waals surface area contributed by atoms with Crippen LogP contribution in [0.3, 0.4) is 0 Å². The minimum absolute atomic E-state index is 0.156. The minimum atomic E-state index is -0.464. The molecule has 0 radical (unpaired) electrons. The predicted molar refractivity (Wildman–Crippen MR) is 112 cm³/mol. The van der Waals surface area contributed by atoms with Crippen LogP contribution in [0, 0.1) is 0 Å². The molecule has 0 atom stereocenters. The van der Waals surface area contributed by atoms with Crippen LogP contribution in [0.4, 0.5) is 4.79 Å². The first-order valence-electron chi connectivity index (χ1n) is 9.11. The van der Waals surface area contributed by atoms with Crippen LogP contribution in [-0.4, -0.2) is 30.0 Å². The van der Waals surface area contributed by atoms with Crippen molar-refractivity contribution in [3.8, 4) is 11.5 Å². The van der Waals surface area contributed by atoms with Gasteiger partial charge in [0.2, 0.25) is 0 Å². The molecule has 3 rings (SSSR count). The lowest BCUT2D eigenvalue weighted by Gasteiger charge is -2.13. The molecular formula is C22H21ClN2O4. The normalized spacial score (nSPS) is 14.8. The van der Waals surface area contributed by atoms with E-state index in [1.807, 2.05) is 31.2 Å². The Morgan fingerprint density at radius 3 is 2.55 bits per heavy atom. The van der Waals surface area contributed by atoms with Gasteiger partial charge in [0.25, 0.3) is 5.91 Å². The molecular weight excluding hydrogens is 392 g/mol. The Balaban J connectivity index is 1.78. The van der Waals surface area contributed by atoms with Crippen LogP contribution >= 0.6 is 11.6 Å². The van der Waals surface area contributed by atoms with Gasteiger partial charge in [0, 0.05) is 11.6 Å². The molecule has 2 aromatic rings. The van der Waals surface area contributed by atoms with Crippen molar-refractivity contribution in [1.29, 1.82) is 0 Å². The number of imide groups is 1. The topological polar surface area (TPSA) is 67.9 Å². The van der Waals surface area contributed by atoms with Gasteiger partial charge in [-0.25, -0.2) is 4.79 Å². The minimum Gasteiger partial charge on any atom is -0.490 e. The second-order valence-corrected chi connectivity index (χ2v) is 6.68. The first-order chi connectivity index (χ1) is 14.0. The summed E-state index contributed by atoms with van der Waals surface area (Å²) in [5.41, 5.74) is 1.88. The number of nitrogens with one attached hydrogen (secondary N) is 1. The average Bonchev–Trinajstić information content (AvgIpc) is 2.97. The van der Waals surface area contributed by atoms with Gasteiger partial charge in [-0.05, 0) is 48.4 Å². The summed E-state index contributed by atoms with van der Waals surface area (Å²) in [6, 6.07) is 12.3. The third-order valence-electron chi connectivity index (χ3n) is 4.16. The smallest absolute Gasteiger partial charge is 0.329 e. The van der Waals surface area contributed by atoms with Gasteiger partial charge < -0.3 is 14.8 Å². The van der Waals surface area contributed by atoms with E-state index in [9.17, 15) is 9.59 Å². The molecule has 1 fully saturated rings. The zero-order chi connectivity index (χ0) is 20.8. The van der Waals surface area contributed by atoms with Gasteiger partial charge in [0.05, 0.1) is 6.61 Å². The Morgan fingerprint density at radius 1 is 1.10 bits per heavy atom. The van der Waals surface area contributed by atoms with E-state index >= 15 is 0 Å². The van der Waals surface area contributed by atoms with Crippen molar-refractivity contribution >= 4 is 29.6 Å². The molecule has 1 N–H and O–H groups in total. The van der Waals surface area contributed by atoms with Crippen LogP contribution < -0.4 is 14.8 Å². The van der Waals surface area contributed by atoms with Crippen molar-refractivity contribution in [3.05, 3.63) is 77.0 Å². The maximum atomic E-state index is 12.3. The third kappa shape index (κ3) is 4.97. The molecule has 3 amide bonds. The lowest BCUT2D eigenvalue weighted by molar-refractivity contribution is -0.122. The zero-order valence-corrected chi connectivity index (χ0v) is 16.7. The summed E-state index contributed by atoms with van der Waals surface area (Å²) in [6.45, 7) is 6.41. The fourth-order valence-corrected chi connectivity index (χ4v) is 2.90. The number of hydrogen-bond donors (Lipinski definition) is 1. The first kappa shape index (κ1) is 20.5. The molecule has 0 bridgehead atoms. The summed E-state index contributed by atoms with van der Waals surface area (Å²) >= 11 is 5.90. The van der Waals surface area contributed by atoms with Crippen molar-refractivity contribution in [1.82, 2.24) is 10.2 Å². The highest BCUT2D eigenvalue weighted by molar-refractivity contribution is 6.30. The Hall–Kier alpha value is -3.25. The molecule has 7 heteroatoms. The summed E-state index contributed by atoms with van der Waals surface area (Å²) in [5, 5.41) is 3.24. The number of carbonyl (C=O) groups is 2. The number of urea groups is 1. The molecule has 2 aromatic carbocycles. The van der Waals surface area contributed by atoms with Crippen LogP contribution in [0.1, 0.15) is 18.1 Å². The molecule has 6 nitrogen and oxygen atoms in total. The van der Waals surface area contributed by atoms with Crippen molar-refractivity contribution in [2.75, 3.05) is 13.2 Å². The van der Waals surface area contributed by atoms with Crippen LogP contribution in [0.25, 0.3) is 6.08 Å². The van der Waals surface area contributed by atoms with E-state index in [4.69, 9.17) is 21.1 Å². The zero-order valence-electron chi connectivity index (χ0n) is 16.0. The van der Waals surface area contributed by atoms with Crippen LogP contribution in [0.15, 0.2) is 60.8 Å². The van der Waals surface area contributed by atoms with Gasteiger partial charge >= 0.3 is 6.03 Å². The summed E-state index contributed by atoms with van der Waals surface area (Å²) in [4.78, 5) is 25.3. The van der Waals surface area contributed by atoms with Crippen LogP contribution in [0.5, 0.6) is 11.5 Å². The van der Waals surface area contributed by atoms with E-state index in [0.717, 1.165) is 10.5 Å². The van der Waals surface area contributed by atoms with Crippen LogP contribution in [-0.2, 0) is 11.4 Å². The number of halogens is 1. The Bertz CT molecular complexity index is 954. The fourth-order valence-electron chi connectivity index (χ4n) is 2.78. The number of ether oxygens (including phenoxy) is 2. The van der Waals surface area contributed by atoms with Crippen molar-refractivity contribution in [3.63, 3.8) is 0 Å². The molecule has 0 unspecified atom stereocenters. The van der Waals surface area contributed by atoms with Crippen molar-refractivity contribution in [2.45, 2.75) is 13.5 Å². The standard InChI is InChI=1S/C22H21ClN2O4/c1-3-11-25-21(26)18(24-22(25)27)12-16-7-10-19(20(13-16)28-4-2)29-14-15-5-8-17(23)9-6-15/h3,5-10,12-13H,1,4,11,14H2,2H3,(H,24,27)/b18-12+. The van der Waals surface area contributed by atoms with Crippen molar-refractivity contribution in [2.24, 2.45) is 0 Å². The number of hydrogen-bond acceptors (Lipinski definition) is 4. The summed E-state index contributed by atoms with van der Waals surface area (Å²) in [6.07, 6.45) is 3.11. The van der Waals surface area contributed by atoms with E-state index in [1.165, 1.54) is 6.08 Å². The number of amides is 3. The maximum Gasteiger partial charge on any atom is 0.329 e. The van der Waals surface area contributed by atoms with E-state index in [0.29, 0.717) is 35.3 Å². The van der Waals surface area contributed by atoms with Gasteiger partial charge in [-0.15, -0.1) is 6.58 Å². The molecule has 1 aliphatic rings. The quantitative estimate of drug-likeness (QED) is 0.396. The van der Waals surface area contributed by atoms with E-state index in [-0.39, 0.29) is 12.2 Å². The maximum absolute atomic E-state index is 12.3. The molecule has 0 aromatic heterocycles. The largest absolute Gasteiger partial charge is 0.490 e. The highest BCUT2D eigenvalue weighted by atomic mass is 35.5. The predicted octanol–water partition coefficient (Wildman–Crippen LogP) is 4.40. The highest BCUT2D eigenvalue weighted by Crippen LogP contribution is 2.30. The highest BCUT2D eigenvalue weighted by Gasteiger charge is 2.32. The molecule has 1 saturated heterocycles. The average molecular weight is 413 g/mol. The summed E-state index contributed by atoms with van der Waals surface area (Å²) in [5.74, 6) is 0.741. The second-order valence-electron chi connectivity index (χ2n) is 6.25. The fraction of sp³-hybridized carbons (Fsp3) is 0.182. The lowest BCUT2D eigenvalue weighted by Crippen LogP contribution is -2.30. The Labute approximate surface area is 174 Å². The van der Waals surface area contributed by atoms with Crippen LogP contribution in [0.2, 0.25) is 5.02 Å². The van der Waals surface area contributed by atoms with E-state index in [1.54, 1.807) is 24.3 Å². The van der Waals surface area contributed by atoms with E-state index < -0.39 is 11.9 Å². The van der Waals surface area contributed by atoms with Gasteiger partial charge in [0.1, 0.15) is 12.3 Å². The number of nitrogens with zero attached hydrogens (tertiary/aromatic N) is 1. The lowest BCUT2D eigenvalue weighted by atomic mass is 10.1.